The van der Waals surface area contributed by atoms with E-state index in [1.165, 1.54) is 4.90 Å². The van der Waals surface area contributed by atoms with Crippen molar-refractivity contribution in [3.05, 3.63) is 29.8 Å². The van der Waals surface area contributed by atoms with Crippen LogP contribution < -0.4 is 4.74 Å². The predicted octanol–water partition coefficient (Wildman–Crippen LogP) is 3.08. The Morgan fingerprint density at radius 1 is 1.30 bits per heavy atom. The molecule has 6 nitrogen and oxygen atoms in total. The summed E-state index contributed by atoms with van der Waals surface area (Å²) in [6.07, 6.45) is -0.0923. The van der Waals surface area contributed by atoms with Gasteiger partial charge in [-0.3, -0.25) is 4.79 Å². The second-order valence-corrected chi connectivity index (χ2v) is 6.63. The zero-order chi connectivity index (χ0) is 17.2. The lowest BCUT2D eigenvalue weighted by molar-refractivity contribution is -0.142. The van der Waals surface area contributed by atoms with Gasteiger partial charge in [0, 0.05) is 6.54 Å². The molecule has 1 aromatic carbocycles. The van der Waals surface area contributed by atoms with Crippen LogP contribution in [0.15, 0.2) is 24.3 Å². The van der Waals surface area contributed by atoms with Crippen LogP contribution in [0.1, 0.15) is 38.8 Å². The highest BCUT2D eigenvalue weighted by Crippen LogP contribution is 2.39. The molecule has 0 radical (unpaired) electrons. The zero-order valence-corrected chi connectivity index (χ0v) is 13.9. The van der Waals surface area contributed by atoms with Crippen molar-refractivity contribution in [2.75, 3.05) is 13.7 Å². The van der Waals surface area contributed by atoms with Crippen molar-refractivity contribution < 1.29 is 24.2 Å². The predicted molar refractivity (Wildman–Crippen MR) is 84.4 cm³/mol. The van der Waals surface area contributed by atoms with E-state index in [-0.39, 0.29) is 0 Å². The number of carboxylic acid groups (broad SMARTS) is 1. The number of likely N-dealkylation sites (tertiary alicyclic amines) is 1. The third-order valence-electron chi connectivity index (χ3n) is 3.78. The quantitative estimate of drug-likeness (QED) is 0.926. The van der Waals surface area contributed by atoms with Gasteiger partial charge in [-0.1, -0.05) is 12.1 Å². The molecule has 0 aromatic heterocycles. The number of aliphatic carboxylic acids is 1. The van der Waals surface area contributed by atoms with Crippen molar-refractivity contribution in [2.45, 2.75) is 38.8 Å². The smallest absolute Gasteiger partial charge is 0.410 e. The summed E-state index contributed by atoms with van der Waals surface area (Å²) < 4.78 is 10.6. The Bertz CT molecular complexity index is 593. The topological polar surface area (TPSA) is 76.1 Å². The highest BCUT2D eigenvalue weighted by molar-refractivity contribution is 5.76. The van der Waals surface area contributed by atoms with Gasteiger partial charge in [0.25, 0.3) is 0 Å². The first-order valence-corrected chi connectivity index (χ1v) is 7.59. The first-order chi connectivity index (χ1) is 10.7. The minimum absolute atomic E-state index is 0.355. The van der Waals surface area contributed by atoms with E-state index in [1.54, 1.807) is 46.1 Å². The van der Waals surface area contributed by atoms with E-state index in [1.807, 2.05) is 6.07 Å². The lowest BCUT2D eigenvalue weighted by atomic mass is 9.94. The van der Waals surface area contributed by atoms with Crippen LogP contribution in [-0.4, -0.2) is 41.3 Å². The summed E-state index contributed by atoms with van der Waals surface area (Å²) in [5, 5.41) is 9.49. The van der Waals surface area contributed by atoms with Crippen LogP contribution in [0.2, 0.25) is 0 Å². The van der Waals surface area contributed by atoms with Crippen LogP contribution in [0.25, 0.3) is 0 Å². The molecule has 1 fully saturated rings. The molecule has 1 saturated heterocycles. The number of carbonyl (C=O) groups is 2. The number of hydrogen-bond acceptors (Lipinski definition) is 4. The highest BCUT2D eigenvalue weighted by Gasteiger charge is 2.43. The highest BCUT2D eigenvalue weighted by atomic mass is 16.6. The summed E-state index contributed by atoms with van der Waals surface area (Å²) in [5.74, 6) is -0.943. The van der Waals surface area contributed by atoms with E-state index in [9.17, 15) is 14.7 Å². The lowest BCUT2D eigenvalue weighted by Gasteiger charge is -2.30. The fourth-order valence-corrected chi connectivity index (χ4v) is 2.81. The molecule has 0 aliphatic carbocycles. The molecule has 0 spiro atoms. The zero-order valence-electron chi connectivity index (χ0n) is 13.9. The van der Waals surface area contributed by atoms with E-state index in [0.29, 0.717) is 18.7 Å². The Balaban J connectivity index is 2.34. The minimum atomic E-state index is -0.913. The maximum Gasteiger partial charge on any atom is 0.410 e. The molecule has 6 heteroatoms. The molecule has 2 rings (SSSR count). The van der Waals surface area contributed by atoms with Gasteiger partial charge in [0.05, 0.1) is 19.1 Å². The van der Waals surface area contributed by atoms with Crippen molar-refractivity contribution in [1.82, 2.24) is 4.90 Å². The molecule has 126 valence electrons. The van der Waals surface area contributed by atoms with Gasteiger partial charge in [-0.15, -0.1) is 0 Å². The van der Waals surface area contributed by atoms with Gasteiger partial charge in [-0.2, -0.15) is 0 Å². The van der Waals surface area contributed by atoms with Gasteiger partial charge in [-0.05, 0) is 44.9 Å². The van der Waals surface area contributed by atoms with Gasteiger partial charge >= 0.3 is 12.1 Å². The molecular formula is C17H23NO5. The fraction of sp³-hybridized carbons (Fsp3) is 0.529. The Labute approximate surface area is 136 Å². The Morgan fingerprint density at radius 2 is 2.00 bits per heavy atom. The Kier molecular flexibility index (Phi) is 4.82. The molecule has 0 bridgehead atoms. The minimum Gasteiger partial charge on any atom is -0.497 e. The van der Waals surface area contributed by atoms with Crippen LogP contribution in [0.5, 0.6) is 5.75 Å². The number of benzene rings is 1. The van der Waals surface area contributed by atoms with Crippen molar-refractivity contribution >= 4 is 12.1 Å². The van der Waals surface area contributed by atoms with Crippen LogP contribution in [-0.2, 0) is 9.53 Å². The number of hydrogen-bond donors (Lipinski definition) is 1. The second kappa shape index (κ2) is 6.48. The van der Waals surface area contributed by atoms with E-state index >= 15 is 0 Å². The van der Waals surface area contributed by atoms with Gasteiger partial charge in [0.2, 0.25) is 0 Å². The Hall–Kier alpha value is -2.24. The average Bonchev–Trinajstić information content (AvgIpc) is 2.90. The number of methoxy groups -OCH3 is 1. The molecule has 1 aliphatic rings. The molecule has 1 aromatic rings. The van der Waals surface area contributed by atoms with Gasteiger partial charge in [0.1, 0.15) is 11.4 Å². The third-order valence-corrected chi connectivity index (χ3v) is 3.78. The molecular weight excluding hydrogens is 298 g/mol. The second-order valence-electron chi connectivity index (χ2n) is 6.63. The van der Waals surface area contributed by atoms with Gasteiger partial charge in [-0.25, -0.2) is 4.79 Å². The van der Waals surface area contributed by atoms with Crippen LogP contribution in [0, 0.1) is 5.92 Å². The van der Waals surface area contributed by atoms with Gasteiger partial charge in [0.15, 0.2) is 0 Å². The molecule has 23 heavy (non-hydrogen) atoms. The molecule has 2 atom stereocenters. The number of nitrogens with zero attached hydrogens (tertiary/aromatic N) is 1. The van der Waals surface area contributed by atoms with E-state index in [4.69, 9.17) is 9.47 Å². The first kappa shape index (κ1) is 17.1. The lowest BCUT2D eigenvalue weighted by Crippen LogP contribution is -2.38. The van der Waals surface area contributed by atoms with E-state index < -0.39 is 29.6 Å². The van der Waals surface area contributed by atoms with Crippen molar-refractivity contribution in [3.63, 3.8) is 0 Å². The summed E-state index contributed by atoms with van der Waals surface area (Å²) >= 11 is 0. The summed E-state index contributed by atoms with van der Waals surface area (Å²) in [6, 6.07) is 6.59. The number of carboxylic acids is 1. The molecule has 2 unspecified atom stereocenters. The van der Waals surface area contributed by atoms with Crippen molar-refractivity contribution in [2.24, 2.45) is 5.92 Å². The summed E-state index contributed by atoms with van der Waals surface area (Å²) in [5.41, 5.74) is 0.109. The molecule has 1 heterocycles. The summed E-state index contributed by atoms with van der Waals surface area (Å²) in [7, 11) is 1.55. The summed E-state index contributed by atoms with van der Waals surface area (Å²) in [4.78, 5) is 25.5. The SMILES string of the molecule is COc1cccc(C2C(C(=O)O)CCN2C(=O)OC(C)(C)C)c1. The van der Waals surface area contributed by atoms with Gasteiger partial charge < -0.3 is 19.5 Å². The monoisotopic (exact) mass is 321 g/mol. The third kappa shape index (κ3) is 3.94. The van der Waals surface area contributed by atoms with E-state index in [2.05, 4.69) is 0 Å². The van der Waals surface area contributed by atoms with Crippen LogP contribution in [0.3, 0.4) is 0 Å². The molecule has 1 amide bonds. The van der Waals surface area contributed by atoms with Crippen LogP contribution in [0.4, 0.5) is 4.79 Å². The number of amides is 1. The number of rotatable bonds is 3. The number of ether oxygens (including phenoxy) is 2. The maximum absolute atomic E-state index is 12.4. The van der Waals surface area contributed by atoms with E-state index in [0.717, 1.165) is 5.56 Å². The van der Waals surface area contributed by atoms with Crippen LogP contribution >= 0.6 is 0 Å². The summed E-state index contributed by atoms with van der Waals surface area (Å²) in [6.45, 7) is 5.72. The molecule has 1 aliphatic heterocycles. The van der Waals surface area contributed by atoms with Crippen molar-refractivity contribution in [3.8, 4) is 5.75 Å². The first-order valence-electron chi connectivity index (χ1n) is 7.59. The largest absolute Gasteiger partial charge is 0.497 e. The molecule has 1 N–H and O–H groups in total. The standard InChI is InChI=1S/C17H23NO5/c1-17(2,3)23-16(21)18-9-8-13(15(19)20)14(18)11-6-5-7-12(10-11)22-4/h5-7,10,13-14H,8-9H2,1-4H3,(H,19,20). The maximum atomic E-state index is 12.4. The fourth-order valence-electron chi connectivity index (χ4n) is 2.81. The Morgan fingerprint density at radius 3 is 2.57 bits per heavy atom. The normalized spacial score (nSPS) is 21.1. The number of carbonyl (C=O) groups excluding carboxylic acids is 1. The van der Waals surface area contributed by atoms with Crippen molar-refractivity contribution in [1.29, 1.82) is 0 Å². The average molecular weight is 321 g/mol. The molecule has 0 saturated carbocycles.